The molecule has 0 aliphatic rings. The molecule has 0 saturated heterocycles. The van der Waals surface area contributed by atoms with Gasteiger partial charge >= 0.3 is 5.97 Å². The van der Waals surface area contributed by atoms with Gasteiger partial charge in [-0.1, -0.05) is 19.1 Å². The molecule has 0 spiro atoms. The lowest BCUT2D eigenvalue weighted by atomic mass is 10.2. The van der Waals surface area contributed by atoms with Crippen LogP contribution >= 0.6 is 0 Å². The van der Waals surface area contributed by atoms with Crippen molar-refractivity contribution in [2.24, 2.45) is 0 Å². The van der Waals surface area contributed by atoms with Crippen molar-refractivity contribution in [2.75, 3.05) is 5.32 Å². The fourth-order valence-corrected chi connectivity index (χ4v) is 3.75. The molecule has 0 aliphatic heterocycles. The van der Waals surface area contributed by atoms with Crippen molar-refractivity contribution in [3.63, 3.8) is 0 Å². The van der Waals surface area contributed by atoms with Crippen molar-refractivity contribution >= 4 is 27.6 Å². The first-order valence-electron chi connectivity index (χ1n) is 8.30. The van der Waals surface area contributed by atoms with Crippen LogP contribution in [0.3, 0.4) is 0 Å². The maximum Gasteiger partial charge on any atom is 0.335 e. The summed E-state index contributed by atoms with van der Waals surface area (Å²) in [4.78, 5) is 27.1. The van der Waals surface area contributed by atoms with Crippen LogP contribution in [0, 0.1) is 0 Å². The van der Waals surface area contributed by atoms with Crippen LogP contribution in [0.15, 0.2) is 42.6 Å². The number of aromatic nitrogens is 1. The predicted molar refractivity (Wildman–Crippen MR) is 101 cm³/mol. The largest absolute Gasteiger partial charge is 0.478 e. The molecule has 0 radical (unpaired) electrons. The van der Waals surface area contributed by atoms with Gasteiger partial charge in [-0.05, 0) is 43.2 Å². The fraction of sp³-hybridized carbons (Fsp3) is 0.278. The van der Waals surface area contributed by atoms with Gasteiger partial charge < -0.3 is 10.4 Å². The lowest BCUT2D eigenvalue weighted by molar-refractivity contribution is 0.0696. The van der Waals surface area contributed by atoms with Crippen molar-refractivity contribution in [1.82, 2.24) is 9.71 Å². The Bertz CT molecular complexity index is 944. The van der Waals surface area contributed by atoms with E-state index in [4.69, 9.17) is 5.11 Å². The number of pyridine rings is 1. The van der Waals surface area contributed by atoms with Crippen molar-refractivity contribution < 1.29 is 23.1 Å². The van der Waals surface area contributed by atoms with Crippen LogP contribution in [0.1, 0.15) is 46.7 Å². The van der Waals surface area contributed by atoms with E-state index in [1.165, 1.54) is 18.3 Å². The second-order valence-corrected chi connectivity index (χ2v) is 7.83. The highest BCUT2D eigenvalue weighted by molar-refractivity contribution is 7.88. The van der Waals surface area contributed by atoms with Gasteiger partial charge in [0.2, 0.25) is 10.0 Å². The third-order valence-corrected chi connectivity index (χ3v) is 5.25. The first kappa shape index (κ1) is 20.5. The lowest BCUT2D eigenvalue weighted by Crippen LogP contribution is -2.32. The molecule has 8 nitrogen and oxygen atoms in total. The normalized spacial score (nSPS) is 12.4. The number of hydrogen-bond acceptors (Lipinski definition) is 5. The number of nitrogens with zero attached hydrogens (tertiary/aromatic N) is 1. The topological polar surface area (TPSA) is 125 Å². The summed E-state index contributed by atoms with van der Waals surface area (Å²) >= 11 is 0. The Kier molecular flexibility index (Phi) is 6.65. The van der Waals surface area contributed by atoms with E-state index >= 15 is 0 Å². The average Bonchev–Trinajstić information content (AvgIpc) is 2.61. The second kappa shape index (κ2) is 8.74. The van der Waals surface area contributed by atoms with Gasteiger partial charge in [0.1, 0.15) is 5.69 Å². The molecule has 27 heavy (non-hydrogen) atoms. The lowest BCUT2D eigenvalue weighted by Gasteiger charge is -2.12. The molecular weight excluding hydrogens is 370 g/mol. The molecule has 9 heteroatoms. The van der Waals surface area contributed by atoms with Crippen LogP contribution in [0.2, 0.25) is 0 Å². The zero-order valence-corrected chi connectivity index (χ0v) is 15.8. The van der Waals surface area contributed by atoms with Crippen molar-refractivity contribution in [1.29, 1.82) is 0 Å². The molecule has 1 amide bonds. The standard InChI is InChI=1S/C18H21N3O5S/c1-3-12(2)21-27(25,26)11-13-5-4-6-15(9-13)20-17(22)16-10-14(18(23)24)7-8-19-16/h4-10,12,21H,3,11H2,1-2H3,(H,20,22)(H,23,24). The number of anilines is 1. The minimum Gasteiger partial charge on any atom is -0.478 e. The smallest absolute Gasteiger partial charge is 0.335 e. The molecule has 2 aromatic rings. The van der Waals surface area contributed by atoms with Gasteiger partial charge in [0, 0.05) is 17.9 Å². The molecule has 0 aliphatic carbocycles. The Morgan fingerprint density at radius 3 is 2.63 bits per heavy atom. The summed E-state index contributed by atoms with van der Waals surface area (Å²) in [5.74, 6) is -1.96. The number of amides is 1. The summed E-state index contributed by atoms with van der Waals surface area (Å²) in [6, 6.07) is 8.73. The maximum absolute atomic E-state index is 12.3. The zero-order chi connectivity index (χ0) is 20.0. The number of rotatable bonds is 8. The SMILES string of the molecule is CCC(C)NS(=O)(=O)Cc1cccc(NC(=O)c2cc(C(=O)O)ccn2)c1. The Morgan fingerprint density at radius 2 is 1.96 bits per heavy atom. The Balaban J connectivity index is 2.12. The molecule has 0 saturated carbocycles. The summed E-state index contributed by atoms with van der Waals surface area (Å²) in [5.41, 5.74) is 0.798. The van der Waals surface area contributed by atoms with E-state index in [2.05, 4.69) is 15.0 Å². The minimum atomic E-state index is -3.50. The minimum absolute atomic E-state index is 0.0497. The van der Waals surface area contributed by atoms with Crippen molar-refractivity contribution in [3.8, 4) is 0 Å². The third kappa shape index (κ3) is 6.15. The van der Waals surface area contributed by atoms with E-state index in [1.807, 2.05) is 6.92 Å². The average molecular weight is 391 g/mol. The number of aromatic carboxylic acids is 1. The maximum atomic E-state index is 12.3. The van der Waals surface area contributed by atoms with E-state index in [0.29, 0.717) is 17.7 Å². The predicted octanol–water partition coefficient (Wildman–Crippen LogP) is 2.25. The number of sulfonamides is 1. The van der Waals surface area contributed by atoms with Crippen LogP contribution in [-0.2, 0) is 15.8 Å². The highest BCUT2D eigenvalue weighted by atomic mass is 32.2. The molecular formula is C18H21N3O5S. The van der Waals surface area contributed by atoms with E-state index in [-0.39, 0.29) is 23.1 Å². The quantitative estimate of drug-likeness (QED) is 0.634. The summed E-state index contributed by atoms with van der Waals surface area (Å²) in [7, 11) is -3.50. The second-order valence-electron chi connectivity index (χ2n) is 6.08. The number of benzene rings is 1. The van der Waals surface area contributed by atoms with Crippen LogP contribution in [-0.4, -0.2) is 36.4 Å². The highest BCUT2D eigenvalue weighted by Gasteiger charge is 2.15. The van der Waals surface area contributed by atoms with Crippen LogP contribution in [0.5, 0.6) is 0 Å². The van der Waals surface area contributed by atoms with Crippen LogP contribution < -0.4 is 10.0 Å². The molecule has 1 unspecified atom stereocenters. The molecule has 1 aromatic carbocycles. The molecule has 1 aromatic heterocycles. The van der Waals surface area contributed by atoms with Gasteiger partial charge in [0.05, 0.1) is 11.3 Å². The number of carbonyl (C=O) groups excluding carboxylic acids is 1. The van der Waals surface area contributed by atoms with Gasteiger partial charge in [-0.2, -0.15) is 0 Å². The van der Waals surface area contributed by atoms with E-state index in [9.17, 15) is 18.0 Å². The summed E-state index contributed by atoms with van der Waals surface area (Å²) in [6.07, 6.45) is 1.92. The fourth-order valence-electron chi connectivity index (χ4n) is 2.27. The van der Waals surface area contributed by atoms with Crippen molar-refractivity contribution in [3.05, 3.63) is 59.4 Å². The Hall–Kier alpha value is -2.78. The monoisotopic (exact) mass is 391 g/mol. The molecule has 1 heterocycles. The number of carbonyl (C=O) groups is 2. The molecule has 0 bridgehead atoms. The van der Waals surface area contributed by atoms with Gasteiger partial charge in [0.15, 0.2) is 0 Å². The zero-order valence-electron chi connectivity index (χ0n) is 15.0. The number of hydrogen-bond donors (Lipinski definition) is 3. The van der Waals surface area contributed by atoms with Gasteiger partial charge in [-0.25, -0.2) is 17.9 Å². The van der Waals surface area contributed by atoms with Gasteiger partial charge in [-0.15, -0.1) is 0 Å². The van der Waals surface area contributed by atoms with E-state index < -0.39 is 21.9 Å². The highest BCUT2D eigenvalue weighted by Crippen LogP contribution is 2.15. The molecule has 0 fully saturated rings. The Morgan fingerprint density at radius 1 is 1.22 bits per heavy atom. The first-order valence-corrected chi connectivity index (χ1v) is 9.95. The first-order chi connectivity index (χ1) is 12.7. The third-order valence-electron chi connectivity index (χ3n) is 3.77. The van der Waals surface area contributed by atoms with Crippen LogP contribution in [0.4, 0.5) is 5.69 Å². The number of carboxylic acids is 1. The van der Waals surface area contributed by atoms with E-state index in [0.717, 1.165) is 0 Å². The molecule has 144 valence electrons. The van der Waals surface area contributed by atoms with Gasteiger partial charge in [0.25, 0.3) is 5.91 Å². The summed E-state index contributed by atoms with van der Waals surface area (Å²) < 4.78 is 26.9. The molecule has 2 rings (SSSR count). The number of nitrogens with one attached hydrogen (secondary N) is 2. The molecule has 1 atom stereocenters. The number of carboxylic acid groups (broad SMARTS) is 1. The Labute approximate surface area is 157 Å². The van der Waals surface area contributed by atoms with Crippen LogP contribution in [0.25, 0.3) is 0 Å². The van der Waals surface area contributed by atoms with Gasteiger partial charge in [-0.3, -0.25) is 9.78 Å². The summed E-state index contributed by atoms with van der Waals surface area (Å²) in [6.45, 7) is 3.67. The van der Waals surface area contributed by atoms with E-state index in [1.54, 1.807) is 31.2 Å². The summed E-state index contributed by atoms with van der Waals surface area (Å²) in [5, 5.41) is 11.6. The van der Waals surface area contributed by atoms with Crippen molar-refractivity contribution in [2.45, 2.75) is 32.1 Å². The molecule has 3 N–H and O–H groups in total.